The monoisotopic (exact) mass is 316 g/mol. The summed E-state index contributed by atoms with van der Waals surface area (Å²) in [4.78, 5) is 0. The summed E-state index contributed by atoms with van der Waals surface area (Å²) in [6, 6.07) is 0. The first-order chi connectivity index (χ1) is 10.7. The molecule has 2 atom stereocenters. The molecule has 1 N–H and O–H groups in total. The summed E-state index contributed by atoms with van der Waals surface area (Å²) >= 11 is 0. The Labute approximate surface area is 139 Å². The molecule has 0 fully saturated rings. The van der Waals surface area contributed by atoms with Gasteiger partial charge in [0.2, 0.25) is 0 Å². The summed E-state index contributed by atoms with van der Waals surface area (Å²) in [5.41, 5.74) is 0. The van der Waals surface area contributed by atoms with E-state index in [1.807, 2.05) is 0 Å². The highest BCUT2D eigenvalue weighted by Gasteiger charge is 2.10. The molecule has 1 nitrogen and oxygen atoms in total. The highest BCUT2D eigenvalue weighted by molar-refractivity contribution is 4.63. The Bertz CT molecular complexity index is 208. The predicted octanol–water partition coefficient (Wildman–Crippen LogP) is 6.97. The van der Waals surface area contributed by atoms with Gasteiger partial charge in [0.15, 0.2) is 0 Å². The van der Waals surface area contributed by atoms with Gasteiger partial charge in [-0.15, -0.1) is 0 Å². The molecule has 0 saturated carbocycles. The Hall–Kier alpha value is -0.110. The first-order valence-electron chi connectivity index (χ1n) is 10.0. The van der Waals surface area contributed by atoms with Gasteiger partial charge in [-0.25, -0.2) is 4.39 Å². The number of aliphatic hydroxyl groups excluding tert-OH is 1. The smallest absolute Gasteiger partial charge is 0.100 e. The number of hydrogen-bond donors (Lipinski definition) is 1. The van der Waals surface area contributed by atoms with Gasteiger partial charge < -0.3 is 5.11 Å². The van der Waals surface area contributed by atoms with Crippen LogP contribution in [0, 0.1) is 0 Å². The largest absolute Gasteiger partial charge is 0.393 e. The van der Waals surface area contributed by atoms with Crippen LogP contribution in [0.3, 0.4) is 0 Å². The first kappa shape index (κ1) is 21.9. The molecule has 0 aromatic rings. The number of alkyl halides is 1. The van der Waals surface area contributed by atoms with Gasteiger partial charge in [0.25, 0.3) is 0 Å². The Balaban J connectivity index is 3.31. The lowest BCUT2D eigenvalue weighted by atomic mass is 10.0. The first-order valence-corrected chi connectivity index (χ1v) is 10.0. The summed E-state index contributed by atoms with van der Waals surface area (Å²) < 4.78 is 13.7. The van der Waals surface area contributed by atoms with Crippen molar-refractivity contribution in [1.82, 2.24) is 0 Å². The van der Waals surface area contributed by atoms with Crippen LogP contribution in [-0.2, 0) is 0 Å². The highest BCUT2D eigenvalue weighted by atomic mass is 19.1. The Kier molecular flexibility index (Phi) is 17.2. The lowest BCUT2D eigenvalue weighted by molar-refractivity contribution is 0.133. The third kappa shape index (κ3) is 16.3. The molecule has 0 saturated heterocycles. The van der Waals surface area contributed by atoms with Crippen LogP contribution in [0.2, 0.25) is 0 Å². The van der Waals surface area contributed by atoms with Crippen molar-refractivity contribution in [3.8, 4) is 0 Å². The fourth-order valence-electron chi connectivity index (χ4n) is 2.97. The summed E-state index contributed by atoms with van der Waals surface area (Å²) in [6.45, 7) is 4.43. The van der Waals surface area contributed by atoms with E-state index in [1.165, 1.54) is 57.8 Å². The third-order valence-corrected chi connectivity index (χ3v) is 4.57. The molecule has 0 radical (unpaired) electrons. The van der Waals surface area contributed by atoms with Crippen molar-refractivity contribution in [3.63, 3.8) is 0 Å². The van der Waals surface area contributed by atoms with E-state index in [-0.39, 0.29) is 6.10 Å². The van der Waals surface area contributed by atoms with Crippen LogP contribution in [0.4, 0.5) is 4.39 Å². The molecule has 0 aromatic heterocycles. The normalized spacial score (nSPS) is 14.2. The van der Waals surface area contributed by atoms with Gasteiger partial charge in [-0.1, -0.05) is 90.9 Å². The van der Waals surface area contributed by atoms with E-state index in [0.29, 0.717) is 19.3 Å². The van der Waals surface area contributed by atoms with Crippen LogP contribution in [0.25, 0.3) is 0 Å². The molecular weight excluding hydrogens is 275 g/mol. The van der Waals surface area contributed by atoms with E-state index in [1.54, 1.807) is 0 Å². The topological polar surface area (TPSA) is 20.2 Å². The second-order valence-electron chi connectivity index (χ2n) is 6.94. The zero-order valence-corrected chi connectivity index (χ0v) is 15.3. The molecule has 0 aliphatic rings. The summed E-state index contributed by atoms with van der Waals surface area (Å²) in [5.74, 6) is 0. The van der Waals surface area contributed by atoms with Gasteiger partial charge in [-0.3, -0.25) is 0 Å². The van der Waals surface area contributed by atoms with Crippen molar-refractivity contribution in [2.75, 3.05) is 0 Å². The summed E-state index contributed by atoms with van der Waals surface area (Å²) in [7, 11) is 0. The number of aliphatic hydroxyl groups is 1. The number of unbranched alkanes of at least 4 members (excludes halogenated alkanes) is 10. The van der Waals surface area contributed by atoms with Crippen molar-refractivity contribution >= 4 is 0 Å². The molecule has 0 bridgehead atoms. The fourth-order valence-corrected chi connectivity index (χ4v) is 2.97. The van der Waals surface area contributed by atoms with Crippen LogP contribution in [0.5, 0.6) is 0 Å². The Morgan fingerprint density at radius 1 is 0.591 bits per heavy atom. The molecule has 0 aromatic carbocycles. The molecule has 0 amide bonds. The van der Waals surface area contributed by atoms with Crippen LogP contribution in [-0.4, -0.2) is 17.4 Å². The average molecular weight is 317 g/mol. The SMILES string of the molecule is CCCCCCCCCC(O)CCC(F)CCCCCCC. The van der Waals surface area contributed by atoms with Crippen LogP contribution >= 0.6 is 0 Å². The van der Waals surface area contributed by atoms with Gasteiger partial charge in [0.1, 0.15) is 6.17 Å². The minimum Gasteiger partial charge on any atom is -0.393 e. The highest BCUT2D eigenvalue weighted by Crippen LogP contribution is 2.17. The van der Waals surface area contributed by atoms with Crippen molar-refractivity contribution in [2.45, 2.75) is 129 Å². The summed E-state index contributed by atoms with van der Waals surface area (Å²) in [5, 5.41) is 9.91. The van der Waals surface area contributed by atoms with Crippen LogP contribution in [0.1, 0.15) is 117 Å². The van der Waals surface area contributed by atoms with Gasteiger partial charge in [-0.2, -0.15) is 0 Å². The summed E-state index contributed by atoms with van der Waals surface area (Å²) in [6.07, 6.45) is 16.6. The minimum absolute atomic E-state index is 0.283. The Morgan fingerprint density at radius 2 is 1.05 bits per heavy atom. The quantitative estimate of drug-likeness (QED) is 0.287. The lowest BCUT2D eigenvalue weighted by Gasteiger charge is -2.13. The zero-order chi connectivity index (χ0) is 16.5. The molecule has 22 heavy (non-hydrogen) atoms. The minimum atomic E-state index is -0.703. The molecule has 0 spiro atoms. The van der Waals surface area contributed by atoms with Gasteiger partial charge in [0.05, 0.1) is 6.10 Å². The maximum absolute atomic E-state index is 13.7. The van der Waals surface area contributed by atoms with E-state index in [2.05, 4.69) is 13.8 Å². The number of hydrogen-bond acceptors (Lipinski definition) is 1. The van der Waals surface area contributed by atoms with Crippen molar-refractivity contribution in [3.05, 3.63) is 0 Å². The predicted molar refractivity (Wildman–Crippen MR) is 96.1 cm³/mol. The molecule has 2 heteroatoms. The van der Waals surface area contributed by atoms with Crippen LogP contribution < -0.4 is 0 Å². The molecule has 0 aliphatic heterocycles. The van der Waals surface area contributed by atoms with E-state index in [0.717, 1.165) is 25.7 Å². The van der Waals surface area contributed by atoms with Gasteiger partial charge in [-0.05, 0) is 25.7 Å². The lowest BCUT2D eigenvalue weighted by Crippen LogP contribution is -2.10. The van der Waals surface area contributed by atoms with Gasteiger partial charge in [0, 0.05) is 0 Å². The van der Waals surface area contributed by atoms with Gasteiger partial charge >= 0.3 is 0 Å². The number of rotatable bonds is 17. The second kappa shape index (κ2) is 17.2. The molecule has 0 rings (SSSR count). The maximum Gasteiger partial charge on any atom is 0.100 e. The van der Waals surface area contributed by atoms with Crippen molar-refractivity contribution in [2.24, 2.45) is 0 Å². The van der Waals surface area contributed by atoms with Crippen LogP contribution in [0.15, 0.2) is 0 Å². The fraction of sp³-hybridized carbons (Fsp3) is 1.00. The van der Waals surface area contributed by atoms with E-state index < -0.39 is 6.17 Å². The molecule has 0 aliphatic carbocycles. The Morgan fingerprint density at radius 3 is 1.59 bits per heavy atom. The third-order valence-electron chi connectivity index (χ3n) is 4.57. The molecular formula is C20H41FO. The molecule has 134 valence electrons. The van der Waals surface area contributed by atoms with E-state index in [9.17, 15) is 9.50 Å². The van der Waals surface area contributed by atoms with Crippen molar-refractivity contribution in [1.29, 1.82) is 0 Å². The number of halogens is 1. The standard InChI is InChI=1S/C20H41FO/c1-3-5-7-9-10-12-14-16-20(22)18-17-19(21)15-13-11-8-6-4-2/h19-20,22H,3-18H2,1-2H3. The zero-order valence-electron chi connectivity index (χ0n) is 15.3. The molecule has 2 unspecified atom stereocenters. The van der Waals surface area contributed by atoms with E-state index in [4.69, 9.17) is 0 Å². The maximum atomic E-state index is 13.7. The molecule has 0 heterocycles. The second-order valence-corrected chi connectivity index (χ2v) is 6.94. The van der Waals surface area contributed by atoms with Crippen molar-refractivity contribution < 1.29 is 9.50 Å². The van der Waals surface area contributed by atoms with E-state index >= 15 is 0 Å². The average Bonchev–Trinajstić information content (AvgIpc) is 2.52.